The highest BCUT2D eigenvalue weighted by molar-refractivity contribution is 5.91. The van der Waals surface area contributed by atoms with Gasteiger partial charge in [-0.2, -0.15) is 0 Å². The Morgan fingerprint density at radius 3 is 2.63 bits per heavy atom. The third-order valence-corrected chi connectivity index (χ3v) is 4.23. The number of aromatic nitrogens is 2. The van der Waals surface area contributed by atoms with Crippen molar-refractivity contribution in [3.63, 3.8) is 0 Å². The second-order valence-electron chi connectivity index (χ2n) is 6.31. The number of anilines is 1. The van der Waals surface area contributed by atoms with Crippen molar-refractivity contribution in [2.45, 2.75) is 20.4 Å². The van der Waals surface area contributed by atoms with Gasteiger partial charge in [-0.25, -0.2) is 4.98 Å². The van der Waals surface area contributed by atoms with Gasteiger partial charge in [-0.15, -0.1) is 0 Å². The molecule has 2 aromatic carbocycles. The molecular weight excluding hydrogens is 342 g/mol. The van der Waals surface area contributed by atoms with Gasteiger partial charge in [-0.1, -0.05) is 29.8 Å². The standard InChI is InChI=1S/C21H21N3O3/c1-14-8-9-17(15(2)10-14)23-20(25)12-24-13-22-18(11-21(24)26)16-6-4-5-7-19(16)27-3/h4-11,13H,12H2,1-3H3,(H,23,25). The van der Waals surface area contributed by atoms with Gasteiger partial charge in [0.25, 0.3) is 5.56 Å². The zero-order valence-corrected chi connectivity index (χ0v) is 15.5. The number of hydrogen-bond donors (Lipinski definition) is 1. The largest absolute Gasteiger partial charge is 0.496 e. The van der Waals surface area contributed by atoms with Gasteiger partial charge < -0.3 is 10.1 Å². The van der Waals surface area contributed by atoms with Crippen LogP contribution < -0.4 is 15.6 Å². The van der Waals surface area contributed by atoms with E-state index in [0.29, 0.717) is 11.4 Å². The highest BCUT2D eigenvalue weighted by atomic mass is 16.5. The molecule has 0 spiro atoms. The number of aryl methyl sites for hydroxylation is 2. The van der Waals surface area contributed by atoms with Gasteiger partial charge in [0.2, 0.25) is 5.91 Å². The van der Waals surface area contributed by atoms with Gasteiger partial charge in [0.1, 0.15) is 12.3 Å². The summed E-state index contributed by atoms with van der Waals surface area (Å²) in [5.74, 6) is 0.352. The molecule has 0 radical (unpaired) electrons. The number of ether oxygens (including phenoxy) is 1. The molecule has 0 unspecified atom stereocenters. The summed E-state index contributed by atoms with van der Waals surface area (Å²) in [6.45, 7) is 3.82. The van der Waals surface area contributed by atoms with Crippen LogP contribution in [0.15, 0.2) is 59.7 Å². The number of carbonyl (C=O) groups excluding carboxylic acids is 1. The number of rotatable bonds is 5. The monoisotopic (exact) mass is 363 g/mol. The van der Waals surface area contributed by atoms with Crippen LogP contribution in [-0.2, 0) is 11.3 Å². The lowest BCUT2D eigenvalue weighted by Crippen LogP contribution is -2.27. The van der Waals surface area contributed by atoms with E-state index < -0.39 is 0 Å². The first kappa shape index (κ1) is 18.4. The number of nitrogens with one attached hydrogen (secondary N) is 1. The maximum absolute atomic E-state index is 12.4. The summed E-state index contributed by atoms with van der Waals surface area (Å²) < 4.78 is 6.58. The zero-order valence-electron chi connectivity index (χ0n) is 15.5. The summed E-state index contributed by atoms with van der Waals surface area (Å²) in [6, 6.07) is 14.5. The average Bonchev–Trinajstić information content (AvgIpc) is 2.65. The first-order valence-electron chi connectivity index (χ1n) is 8.55. The van der Waals surface area contributed by atoms with Gasteiger partial charge in [0.15, 0.2) is 0 Å². The number of methoxy groups -OCH3 is 1. The molecule has 0 aliphatic heterocycles. The Morgan fingerprint density at radius 1 is 1.15 bits per heavy atom. The molecule has 1 amide bonds. The van der Waals surface area contributed by atoms with E-state index in [1.165, 1.54) is 17.0 Å². The van der Waals surface area contributed by atoms with Crippen molar-refractivity contribution in [2.75, 3.05) is 12.4 Å². The Labute approximate surface area is 157 Å². The molecule has 0 atom stereocenters. The third kappa shape index (κ3) is 4.23. The normalized spacial score (nSPS) is 10.5. The molecule has 27 heavy (non-hydrogen) atoms. The molecular formula is C21H21N3O3. The van der Waals surface area contributed by atoms with Crippen LogP contribution in [0.4, 0.5) is 5.69 Å². The fourth-order valence-corrected chi connectivity index (χ4v) is 2.85. The molecule has 1 N–H and O–H groups in total. The van der Waals surface area contributed by atoms with Crippen molar-refractivity contribution in [1.82, 2.24) is 9.55 Å². The van der Waals surface area contributed by atoms with E-state index >= 15 is 0 Å². The molecule has 6 heteroatoms. The summed E-state index contributed by atoms with van der Waals surface area (Å²) in [5, 5.41) is 2.83. The van der Waals surface area contributed by atoms with Crippen molar-refractivity contribution < 1.29 is 9.53 Å². The Kier molecular flexibility index (Phi) is 5.35. The van der Waals surface area contributed by atoms with Crippen LogP contribution in [0.1, 0.15) is 11.1 Å². The smallest absolute Gasteiger partial charge is 0.254 e. The fourth-order valence-electron chi connectivity index (χ4n) is 2.85. The van der Waals surface area contributed by atoms with E-state index in [-0.39, 0.29) is 18.0 Å². The Balaban J connectivity index is 1.78. The maximum atomic E-state index is 12.4. The van der Waals surface area contributed by atoms with Crippen LogP contribution in [0.5, 0.6) is 5.75 Å². The molecule has 3 aromatic rings. The maximum Gasteiger partial charge on any atom is 0.254 e. The predicted molar refractivity (Wildman–Crippen MR) is 105 cm³/mol. The van der Waals surface area contributed by atoms with Crippen LogP contribution in [-0.4, -0.2) is 22.6 Å². The minimum absolute atomic E-state index is 0.106. The molecule has 6 nitrogen and oxygen atoms in total. The van der Waals surface area contributed by atoms with E-state index in [2.05, 4.69) is 10.3 Å². The second kappa shape index (κ2) is 7.86. The minimum Gasteiger partial charge on any atom is -0.496 e. The van der Waals surface area contributed by atoms with Crippen molar-refractivity contribution in [3.05, 3.63) is 76.3 Å². The lowest BCUT2D eigenvalue weighted by Gasteiger charge is -2.11. The highest BCUT2D eigenvalue weighted by Gasteiger charge is 2.11. The van der Waals surface area contributed by atoms with Gasteiger partial charge in [0, 0.05) is 17.3 Å². The molecule has 0 bridgehead atoms. The number of nitrogens with zero attached hydrogens (tertiary/aromatic N) is 2. The molecule has 0 aliphatic carbocycles. The van der Waals surface area contributed by atoms with Gasteiger partial charge in [-0.05, 0) is 37.6 Å². The minimum atomic E-state index is -0.304. The van der Waals surface area contributed by atoms with Crippen molar-refractivity contribution in [1.29, 1.82) is 0 Å². The van der Waals surface area contributed by atoms with Crippen molar-refractivity contribution in [2.24, 2.45) is 0 Å². The number of amides is 1. The van der Waals surface area contributed by atoms with Crippen molar-refractivity contribution in [3.8, 4) is 17.0 Å². The fraction of sp³-hybridized carbons (Fsp3) is 0.190. The van der Waals surface area contributed by atoms with Crippen LogP contribution in [0, 0.1) is 13.8 Å². The van der Waals surface area contributed by atoms with E-state index in [0.717, 1.165) is 22.4 Å². The Morgan fingerprint density at radius 2 is 1.93 bits per heavy atom. The molecule has 138 valence electrons. The topological polar surface area (TPSA) is 73.2 Å². The summed E-state index contributed by atoms with van der Waals surface area (Å²) in [4.78, 5) is 29.0. The van der Waals surface area contributed by atoms with Crippen LogP contribution in [0.2, 0.25) is 0 Å². The number of carbonyl (C=O) groups is 1. The average molecular weight is 363 g/mol. The molecule has 0 aliphatic rings. The molecule has 1 heterocycles. The number of benzene rings is 2. The molecule has 3 rings (SSSR count). The second-order valence-corrected chi connectivity index (χ2v) is 6.31. The molecule has 0 saturated heterocycles. The van der Waals surface area contributed by atoms with Gasteiger partial charge >= 0.3 is 0 Å². The van der Waals surface area contributed by atoms with Crippen molar-refractivity contribution >= 4 is 11.6 Å². The summed E-state index contributed by atoms with van der Waals surface area (Å²) >= 11 is 0. The van der Waals surface area contributed by atoms with Gasteiger partial charge in [0.05, 0.1) is 19.1 Å². The predicted octanol–water partition coefficient (Wildman–Crippen LogP) is 3.17. The van der Waals surface area contributed by atoms with E-state index in [4.69, 9.17) is 4.74 Å². The first-order chi connectivity index (χ1) is 13.0. The zero-order chi connectivity index (χ0) is 19.4. The van der Waals surface area contributed by atoms with E-state index in [1.807, 2.05) is 50.2 Å². The van der Waals surface area contributed by atoms with Crippen LogP contribution >= 0.6 is 0 Å². The SMILES string of the molecule is COc1ccccc1-c1cc(=O)n(CC(=O)Nc2ccc(C)cc2C)cn1. The highest BCUT2D eigenvalue weighted by Crippen LogP contribution is 2.26. The molecule has 0 saturated carbocycles. The van der Waals surface area contributed by atoms with Crippen LogP contribution in [0.3, 0.4) is 0 Å². The lowest BCUT2D eigenvalue weighted by molar-refractivity contribution is -0.116. The first-order valence-corrected chi connectivity index (χ1v) is 8.55. The third-order valence-electron chi connectivity index (χ3n) is 4.23. The summed E-state index contributed by atoms with van der Waals surface area (Å²) in [5.41, 5.74) is 3.75. The quantitative estimate of drug-likeness (QED) is 0.756. The van der Waals surface area contributed by atoms with Gasteiger partial charge in [-0.3, -0.25) is 14.2 Å². The lowest BCUT2D eigenvalue weighted by atomic mass is 10.1. The van der Waals surface area contributed by atoms with E-state index in [9.17, 15) is 9.59 Å². The summed E-state index contributed by atoms with van der Waals surface area (Å²) in [6.07, 6.45) is 1.38. The number of hydrogen-bond acceptors (Lipinski definition) is 4. The molecule has 1 aromatic heterocycles. The Hall–Kier alpha value is -3.41. The number of para-hydroxylation sites is 1. The van der Waals surface area contributed by atoms with Crippen LogP contribution in [0.25, 0.3) is 11.3 Å². The van der Waals surface area contributed by atoms with E-state index in [1.54, 1.807) is 13.2 Å². The summed E-state index contributed by atoms with van der Waals surface area (Å²) in [7, 11) is 1.57. The Bertz CT molecular complexity index is 1040. The molecule has 0 fully saturated rings.